The predicted molar refractivity (Wildman–Crippen MR) is 146 cm³/mol. The minimum atomic E-state index is -1.03. The molecule has 0 radical (unpaired) electrons. The lowest BCUT2D eigenvalue weighted by Crippen LogP contribution is -2.46. The van der Waals surface area contributed by atoms with Gasteiger partial charge in [0.1, 0.15) is 11.3 Å². The van der Waals surface area contributed by atoms with Gasteiger partial charge in [-0.25, -0.2) is 14.6 Å². The fraction of sp³-hybridized carbons (Fsp3) is 0.310. The lowest BCUT2D eigenvalue weighted by molar-refractivity contribution is 0.0496. The topological polar surface area (TPSA) is 121 Å². The van der Waals surface area contributed by atoms with Gasteiger partial charge in [-0.1, -0.05) is 30.3 Å². The molecule has 1 aromatic heterocycles. The maximum absolute atomic E-state index is 13.2. The van der Waals surface area contributed by atoms with Gasteiger partial charge in [0.25, 0.3) is 5.91 Å². The first kappa shape index (κ1) is 26.7. The molecule has 2 amide bonds. The molecule has 0 atom stereocenters. The van der Waals surface area contributed by atoms with E-state index in [9.17, 15) is 14.4 Å². The predicted octanol–water partition coefficient (Wildman–Crippen LogP) is 5.19. The van der Waals surface area contributed by atoms with Crippen molar-refractivity contribution < 1.29 is 24.2 Å². The highest BCUT2D eigenvalue weighted by Gasteiger charge is 2.25. The van der Waals surface area contributed by atoms with Gasteiger partial charge in [0, 0.05) is 30.4 Å². The number of ether oxygens (including phenoxy) is 1. The average molecular weight is 517 g/mol. The molecule has 198 valence electrons. The fourth-order valence-corrected chi connectivity index (χ4v) is 4.29. The molecule has 0 spiro atoms. The highest BCUT2D eigenvalue weighted by Crippen LogP contribution is 2.29. The molecule has 2 aromatic carbocycles. The first-order valence-electron chi connectivity index (χ1n) is 12.5. The third kappa shape index (κ3) is 6.88. The van der Waals surface area contributed by atoms with Crippen LogP contribution in [0.25, 0.3) is 11.1 Å². The van der Waals surface area contributed by atoms with Crippen molar-refractivity contribution in [2.75, 3.05) is 23.3 Å². The normalized spacial score (nSPS) is 14.0. The van der Waals surface area contributed by atoms with Gasteiger partial charge < -0.3 is 25.4 Å². The molecule has 1 aliphatic heterocycles. The smallest absolute Gasteiger partial charge is 0.407 e. The molecular weight excluding hydrogens is 484 g/mol. The van der Waals surface area contributed by atoms with Crippen molar-refractivity contribution >= 4 is 29.3 Å². The molecule has 3 aromatic rings. The van der Waals surface area contributed by atoms with Gasteiger partial charge in [0.15, 0.2) is 0 Å². The molecule has 0 aliphatic carbocycles. The second-order valence-corrected chi connectivity index (χ2v) is 10.2. The molecule has 3 N–H and O–H groups in total. The van der Waals surface area contributed by atoms with Crippen LogP contribution < -0.4 is 15.5 Å². The van der Waals surface area contributed by atoms with Crippen LogP contribution in [-0.4, -0.2) is 52.8 Å². The Balaban J connectivity index is 1.50. The number of carbonyl (C=O) groups is 3. The number of carbonyl (C=O) groups excluding carboxylic acids is 2. The molecule has 1 aliphatic rings. The van der Waals surface area contributed by atoms with Crippen molar-refractivity contribution in [3.63, 3.8) is 0 Å². The lowest BCUT2D eigenvalue weighted by atomic mass is 10.0. The average Bonchev–Trinajstić information content (AvgIpc) is 2.88. The van der Waals surface area contributed by atoms with E-state index in [0.717, 1.165) is 37.2 Å². The van der Waals surface area contributed by atoms with E-state index in [-0.39, 0.29) is 17.3 Å². The van der Waals surface area contributed by atoms with Crippen molar-refractivity contribution in [2.24, 2.45) is 0 Å². The number of anilines is 2. The second-order valence-electron chi connectivity index (χ2n) is 10.2. The summed E-state index contributed by atoms with van der Waals surface area (Å²) in [6.07, 6.45) is 2.80. The zero-order valence-electron chi connectivity index (χ0n) is 21.7. The van der Waals surface area contributed by atoms with Gasteiger partial charge in [0.2, 0.25) is 0 Å². The summed E-state index contributed by atoms with van der Waals surface area (Å²) in [6.45, 7) is 6.96. The Bertz CT molecular complexity index is 1290. The number of nitrogens with one attached hydrogen (secondary N) is 2. The van der Waals surface area contributed by atoms with Crippen molar-refractivity contribution in [3.05, 3.63) is 78.1 Å². The molecular formula is C29H32N4O5. The van der Waals surface area contributed by atoms with Gasteiger partial charge in [-0.05, 0) is 69.5 Å². The number of pyridine rings is 1. The number of aromatic nitrogens is 1. The number of piperidine rings is 1. The maximum Gasteiger partial charge on any atom is 0.407 e. The Morgan fingerprint density at radius 2 is 1.66 bits per heavy atom. The number of carboxylic acids is 1. The minimum absolute atomic E-state index is 0.0280. The molecule has 9 heteroatoms. The Morgan fingerprint density at radius 1 is 1.00 bits per heavy atom. The number of carboxylic acid groups (broad SMARTS) is 1. The van der Waals surface area contributed by atoms with E-state index in [1.54, 1.807) is 18.3 Å². The van der Waals surface area contributed by atoms with Crippen LogP contribution in [0.15, 0.2) is 66.9 Å². The zero-order valence-corrected chi connectivity index (χ0v) is 21.7. The molecule has 1 saturated heterocycles. The number of benzene rings is 2. The fourth-order valence-electron chi connectivity index (χ4n) is 4.29. The Morgan fingerprint density at radius 3 is 2.26 bits per heavy atom. The monoisotopic (exact) mass is 516 g/mol. The van der Waals surface area contributed by atoms with Crippen LogP contribution in [0.5, 0.6) is 0 Å². The lowest BCUT2D eigenvalue weighted by Gasteiger charge is -2.34. The SMILES string of the molecule is CC(C)(C)OC(=O)NC1CCN(c2cnc(C(=O)Nc3ccc(C(=O)O)cc3)c(-c3ccccc3)c2)CC1. The summed E-state index contributed by atoms with van der Waals surface area (Å²) in [5, 5.41) is 14.9. The van der Waals surface area contributed by atoms with E-state index in [2.05, 4.69) is 20.5 Å². The molecule has 38 heavy (non-hydrogen) atoms. The van der Waals surface area contributed by atoms with E-state index in [1.807, 2.05) is 57.2 Å². The van der Waals surface area contributed by atoms with Crippen molar-refractivity contribution in [1.29, 1.82) is 0 Å². The molecule has 4 rings (SSSR count). The highest BCUT2D eigenvalue weighted by atomic mass is 16.6. The third-order valence-electron chi connectivity index (χ3n) is 6.14. The van der Waals surface area contributed by atoms with Gasteiger partial charge in [-0.3, -0.25) is 4.79 Å². The van der Waals surface area contributed by atoms with Gasteiger partial charge in [-0.2, -0.15) is 0 Å². The van der Waals surface area contributed by atoms with Gasteiger partial charge in [0.05, 0.1) is 17.4 Å². The molecule has 2 heterocycles. The standard InChI is InChI=1S/C29H32N4O5/c1-29(2,3)38-28(37)32-22-13-15-33(16-14-22)23-17-24(19-7-5-4-6-8-19)25(30-18-23)26(34)31-21-11-9-20(10-12-21)27(35)36/h4-12,17-18,22H,13-16H2,1-3H3,(H,31,34)(H,32,37)(H,35,36). The summed E-state index contributed by atoms with van der Waals surface area (Å²) in [6, 6.07) is 17.5. The summed E-state index contributed by atoms with van der Waals surface area (Å²) in [5.41, 5.74) is 2.78. The Labute approximate surface area is 221 Å². The Hall–Kier alpha value is -4.40. The van der Waals surface area contributed by atoms with E-state index >= 15 is 0 Å². The molecule has 1 fully saturated rings. The molecule has 9 nitrogen and oxygen atoms in total. The number of alkyl carbamates (subject to hydrolysis) is 1. The largest absolute Gasteiger partial charge is 0.478 e. The van der Waals surface area contributed by atoms with Gasteiger partial charge >= 0.3 is 12.1 Å². The summed E-state index contributed by atoms with van der Waals surface area (Å²) >= 11 is 0. The minimum Gasteiger partial charge on any atom is -0.478 e. The van der Waals surface area contributed by atoms with E-state index in [1.165, 1.54) is 12.1 Å². The van der Waals surface area contributed by atoms with E-state index in [4.69, 9.17) is 9.84 Å². The third-order valence-corrected chi connectivity index (χ3v) is 6.14. The quantitative estimate of drug-likeness (QED) is 0.412. The zero-order chi connectivity index (χ0) is 27.3. The second kappa shape index (κ2) is 11.3. The van der Waals surface area contributed by atoms with Crippen LogP contribution in [0.3, 0.4) is 0 Å². The number of hydrogen-bond donors (Lipinski definition) is 3. The molecule has 0 unspecified atom stereocenters. The number of nitrogens with zero attached hydrogens (tertiary/aromatic N) is 2. The van der Waals surface area contributed by atoms with E-state index in [0.29, 0.717) is 11.3 Å². The van der Waals surface area contributed by atoms with Crippen LogP contribution in [0.4, 0.5) is 16.2 Å². The van der Waals surface area contributed by atoms with Crippen LogP contribution in [0.2, 0.25) is 0 Å². The van der Waals surface area contributed by atoms with Crippen LogP contribution in [0, 0.1) is 0 Å². The first-order valence-corrected chi connectivity index (χ1v) is 12.5. The number of aromatic carboxylic acids is 1. The Kier molecular flexibility index (Phi) is 7.95. The molecule has 0 bridgehead atoms. The summed E-state index contributed by atoms with van der Waals surface area (Å²) in [4.78, 5) is 43.2. The van der Waals surface area contributed by atoms with Crippen molar-refractivity contribution in [3.8, 4) is 11.1 Å². The first-order chi connectivity index (χ1) is 18.1. The summed E-state index contributed by atoms with van der Waals surface area (Å²) in [5.74, 6) is -1.42. The van der Waals surface area contributed by atoms with Crippen molar-refractivity contribution in [1.82, 2.24) is 10.3 Å². The highest BCUT2D eigenvalue weighted by molar-refractivity contribution is 6.07. The number of rotatable bonds is 6. The maximum atomic E-state index is 13.2. The van der Waals surface area contributed by atoms with Crippen LogP contribution in [-0.2, 0) is 4.74 Å². The number of amides is 2. The summed E-state index contributed by atoms with van der Waals surface area (Å²) in [7, 11) is 0. The van der Waals surface area contributed by atoms with Crippen LogP contribution >= 0.6 is 0 Å². The van der Waals surface area contributed by atoms with Gasteiger partial charge in [-0.15, -0.1) is 0 Å². The van der Waals surface area contributed by atoms with E-state index < -0.39 is 23.6 Å². The molecule has 0 saturated carbocycles. The van der Waals surface area contributed by atoms with Crippen molar-refractivity contribution in [2.45, 2.75) is 45.3 Å². The van der Waals surface area contributed by atoms with Crippen LogP contribution in [0.1, 0.15) is 54.5 Å². The summed E-state index contributed by atoms with van der Waals surface area (Å²) < 4.78 is 5.37. The number of hydrogen-bond acceptors (Lipinski definition) is 6.